The van der Waals surface area contributed by atoms with E-state index in [1.165, 1.54) is 5.56 Å². The van der Waals surface area contributed by atoms with Crippen LogP contribution in [0.15, 0.2) is 41.7 Å². The molecule has 0 radical (unpaired) electrons. The summed E-state index contributed by atoms with van der Waals surface area (Å²) in [4.78, 5) is 9.08. The van der Waals surface area contributed by atoms with Crippen LogP contribution in [0.3, 0.4) is 0 Å². The summed E-state index contributed by atoms with van der Waals surface area (Å²) in [6.45, 7) is 8.34. The first-order chi connectivity index (χ1) is 13.4. The Balaban J connectivity index is 1.76. The monoisotopic (exact) mass is 404 g/mol. The number of piperazine rings is 1. The number of aryl methyl sites for hydroxylation is 1. The average Bonchev–Trinajstić information content (AvgIpc) is 3.09. The number of likely N-dealkylation sites (N-methyl/N-ethyl adjacent to an activating group) is 1. The summed E-state index contributed by atoms with van der Waals surface area (Å²) < 4.78 is 27.0. The maximum Gasteiger partial charge on any atom is 0.227 e. The fraction of sp³-hybridized carbons (Fsp3) is 0.571. The Hall–Kier alpha value is -1.70. The van der Waals surface area contributed by atoms with Crippen LogP contribution < -0.4 is 0 Å². The van der Waals surface area contributed by atoms with Gasteiger partial charge in [0.05, 0.1) is 17.6 Å². The molecule has 1 saturated heterocycles. The normalized spacial score (nSPS) is 19.2. The van der Waals surface area contributed by atoms with Gasteiger partial charge in [-0.2, -0.15) is 0 Å². The molecule has 1 aromatic carbocycles. The van der Waals surface area contributed by atoms with Crippen molar-refractivity contribution >= 4 is 9.84 Å². The lowest BCUT2D eigenvalue weighted by atomic mass is 10.1. The average molecular weight is 405 g/mol. The smallest absolute Gasteiger partial charge is 0.227 e. The summed E-state index contributed by atoms with van der Waals surface area (Å²) in [5, 5.41) is 0.222. The van der Waals surface area contributed by atoms with Gasteiger partial charge in [0.25, 0.3) is 0 Å². The Kier molecular flexibility index (Phi) is 6.91. The highest BCUT2D eigenvalue weighted by atomic mass is 32.2. The van der Waals surface area contributed by atoms with Gasteiger partial charge in [-0.3, -0.25) is 4.90 Å². The summed E-state index contributed by atoms with van der Waals surface area (Å²) in [5.41, 5.74) is 2.27. The van der Waals surface area contributed by atoms with E-state index in [0.29, 0.717) is 12.6 Å². The van der Waals surface area contributed by atoms with Crippen molar-refractivity contribution < 1.29 is 8.42 Å². The van der Waals surface area contributed by atoms with Crippen molar-refractivity contribution in [3.8, 4) is 0 Å². The van der Waals surface area contributed by atoms with Crippen molar-refractivity contribution in [1.29, 1.82) is 0 Å². The van der Waals surface area contributed by atoms with Gasteiger partial charge in [0.1, 0.15) is 0 Å². The second-order valence-corrected chi connectivity index (χ2v) is 9.91. The SMILES string of the molecule is CCS(=O)(=O)c1ncc(CN2CCN(C)[C@@H](C)C2)n1CCCc1ccccc1. The summed E-state index contributed by atoms with van der Waals surface area (Å²) >= 11 is 0. The molecule has 0 amide bonds. The molecule has 7 heteroatoms. The fourth-order valence-electron chi connectivity index (χ4n) is 3.72. The topological polar surface area (TPSA) is 58.4 Å². The number of benzene rings is 1. The molecule has 6 nitrogen and oxygen atoms in total. The van der Waals surface area contributed by atoms with Gasteiger partial charge in [-0.1, -0.05) is 37.3 Å². The Morgan fingerprint density at radius 2 is 1.93 bits per heavy atom. The number of hydrogen-bond donors (Lipinski definition) is 0. The van der Waals surface area contributed by atoms with Crippen LogP contribution in [0.2, 0.25) is 0 Å². The molecule has 1 fully saturated rings. The van der Waals surface area contributed by atoms with Crippen LogP contribution in [0, 0.1) is 0 Å². The quantitative estimate of drug-likeness (QED) is 0.676. The molecule has 0 spiro atoms. The van der Waals surface area contributed by atoms with E-state index in [9.17, 15) is 8.42 Å². The van der Waals surface area contributed by atoms with Crippen LogP contribution in [0.1, 0.15) is 31.5 Å². The molecule has 3 rings (SSSR count). The molecule has 1 atom stereocenters. The van der Waals surface area contributed by atoms with Crippen LogP contribution in [0.25, 0.3) is 0 Å². The van der Waals surface area contributed by atoms with E-state index in [1.54, 1.807) is 13.1 Å². The standard InChI is InChI=1S/C21H32N4O2S/c1-4-28(26,27)21-22-15-20(17-24-14-13-23(3)18(2)16-24)25(21)12-8-11-19-9-6-5-7-10-19/h5-7,9-10,15,18H,4,8,11-14,16-17H2,1-3H3/t18-/m0/s1. The van der Waals surface area contributed by atoms with Crippen LogP contribution in [-0.2, 0) is 29.3 Å². The summed E-state index contributed by atoms with van der Waals surface area (Å²) in [7, 11) is -1.18. The van der Waals surface area contributed by atoms with Crippen molar-refractivity contribution in [3.05, 3.63) is 47.8 Å². The molecular weight excluding hydrogens is 372 g/mol. The van der Waals surface area contributed by atoms with Gasteiger partial charge in [-0.15, -0.1) is 0 Å². The lowest BCUT2D eigenvalue weighted by Gasteiger charge is -2.37. The molecule has 1 aliphatic rings. The van der Waals surface area contributed by atoms with E-state index in [-0.39, 0.29) is 10.9 Å². The molecule has 0 aliphatic carbocycles. The van der Waals surface area contributed by atoms with Gasteiger partial charge in [0.2, 0.25) is 15.0 Å². The largest absolute Gasteiger partial charge is 0.318 e. The predicted molar refractivity (Wildman–Crippen MR) is 112 cm³/mol. The first-order valence-corrected chi connectivity index (χ1v) is 11.8. The van der Waals surface area contributed by atoms with Gasteiger partial charge >= 0.3 is 0 Å². The maximum atomic E-state index is 12.6. The zero-order chi connectivity index (χ0) is 20.1. The number of aromatic nitrogens is 2. The zero-order valence-corrected chi connectivity index (χ0v) is 18.0. The third kappa shape index (κ3) is 5.01. The van der Waals surface area contributed by atoms with Gasteiger partial charge in [-0.05, 0) is 32.4 Å². The van der Waals surface area contributed by atoms with Crippen molar-refractivity contribution in [2.45, 2.75) is 51.0 Å². The summed E-state index contributed by atoms with van der Waals surface area (Å²) in [6.07, 6.45) is 3.57. The molecule has 28 heavy (non-hydrogen) atoms. The summed E-state index contributed by atoms with van der Waals surface area (Å²) in [6, 6.07) is 10.8. The number of nitrogens with zero attached hydrogens (tertiary/aromatic N) is 4. The van der Waals surface area contributed by atoms with E-state index in [2.05, 4.69) is 40.9 Å². The van der Waals surface area contributed by atoms with E-state index in [0.717, 1.165) is 44.7 Å². The minimum absolute atomic E-state index is 0.0771. The number of rotatable bonds is 8. The summed E-state index contributed by atoms with van der Waals surface area (Å²) in [5.74, 6) is 0.0771. The second-order valence-electron chi connectivity index (χ2n) is 7.74. The van der Waals surface area contributed by atoms with Gasteiger partial charge < -0.3 is 9.47 Å². The Labute approximate surface area is 169 Å². The lowest BCUT2D eigenvalue weighted by molar-refractivity contribution is 0.0979. The first kappa shape index (κ1) is 21.0. The molecule has 1 aliphatic heterocycles. The van der Waals surface area contributed by atoms with Crippen molar-refractivity contribution in [3.63, 3.8) is 0 Å². The highest BCUT2D eigenvalue weighted by Gasteiger charge is 2.25. The van der Waals surface area contributed by atoms with E-state index >= 15 is 0 Å². The predicted octanol–water partition coefficient (Wildman–Crippen LogP) is 2.45. The second kappa shape index (κ2) is 9.20. The molecule has 0 bridgehead atoms. The highest BCUT2D eigenvalue weighted by Crippen LogP contribution is 2.18. The van der Waals surface area contributed by atoms with Crippen LogP contribution >= 0.6 is 0 Å². The van der Waals surface area contributed by atoms with Crippen molar-refractivity contribution in [2.24, 2.45) is 0 Å². The van der Waals surface area contributed by atoms with E-state index in [1.807, 2.05) is 22.8 Å². The highest BCUT2D eigenvalue weighted by molar-refractivity contribution is 7.91. The third-order valence-corrected chi connectivity index (χ3v) is 7.32. The van der Waals surface area contributed by atoms with Crippen LogP contribution in [0.4, 0.5) is 0 Å². The number of sulfone groups is 1. The Morgan fingerprint density at radius 1 is 1.18 bits per heavy atom. The maximum absolute atomic E-state index is 12.6. The van der Waals surface area contributed by atoms with E-state index < -0.39 is 9.84 Å². The Morgan fingerprint density at radius 3 is 2.61 bits per heavy atom. The number of hydrogen-bond acceptors (Lipinski definition) is 5. The molecule has 1 aromatic heterocycles. The van der Waals surface area contributed by atoms with Gasteiger partial charge in [-0.25, -0.2) is 13.4 Å². The van der Waals surface area contributed by atoms with Crippen molar-refractivity contribution in [2.75, 3.05) is 32.4 Å². The van der Waals surface area contributed by atoms with Gasteiger partial charge in [0, 0.05) is 38.8 Å². The lowest BCUT2D eigenvalue weighted by Crippen LogP contribution is -2.49. The molecule has 2 heterocycles. The van der Waals surface area contributed by atoms with Crippen LogP contribution in [-0.4, -0.2) is 66.2 Å². The molecule has 0 N–H and O–H groups in total. The third-order valence-electron chi connectivity index (χ3n) is 5.68. The first-order valence-electron chi connectivity index (χ1n) is 10.1. The molecule has 0 saturated carbocycles. The zero-order valence-electron chi connectivity index (χ0n) is 17.2. The van der Waals surface area contributed by atoms with E-state index in [4.69, 9.17) is 0 Å². The van der Waals surface area contributed by atoms with Crippen molar-refractivity contribution in [1.82, 2.24) is 19.4 Å². The van der Waals surface area contributed by atoms with Crippen LogP contribution in [0.5, 0.6) is 0 Å². The minimum Gasteiger partial charge on any atom is -0.318 e. The minimum atomic E-state index is -3.34. The molecule has 2 aromatic rings. The molecular formula is C21H32N4O2S. The molecule has 154 valence electrons. The van der Waals surface area contributed by atoms with Gasteiger partial charge in [0.15, 0.2) is 0 Å². The Bertz CT molecular complexity index is 864. The fourth-order valence-corrected chi connectivity index (χ4v) is 4.73. The molecule has 0 unspecified atom stereocenters. The number of imidazole rings is 1.